The van der Waals surface area contributed by atoms with Crippen molar-refractivity contribution in [2.24, 2.45) is 5.92 Å². The van der Waals surface area contributed by atoms with Gasteiger partial charge in [-0.1, -0.05) is 0 Å². The summed E-state index contributed by atoms with van der Waals surface area (Å²) >= 11 is 0. The molecule has 0 bridgehead atoms. The van der Waals surface area contributed by atoms with E-state index < -0.39 is 5.97 Å². The topological polar surface area (TPSA) is 91.0 Å². The molecule has 0 aliphatic carbocycles. The van der Waals surface area contributed by atoms with Gasteiger partial charge in [-0.3, -0.25) is 9.69 Å². The summed E-state index contributed by atoms with van der Waals surface area (Å²) in [4.78, 5) is 40.9. The summed E-state index contributed by atoms with van der Waals surface area (Å²) in [6, 6.07) is -0.688. The second-order valence-electron chi connectivity index (χ2n) is 7.52. The molecular formula is C19H30N4O4. The number of hydrogen-bond acceptors (Lipinski definition) is 5. The number of urea groups is 1. The Hall–Kier alpha value is -2.09. The fourth-order valence-corrected chi connectivity index (χ4v) is 4.16. The van der Waals surface area contributed by atoms with Crippen molar-refractivity contribution in [2.75, 3.05) is 39.3 Å². The predicted molar refractivity (Wildman–Crippen MR) is 99.8 cm³/mol. The monoisotopic (exact) mass is 378 g/mol. The number of likely N-dealkylation sites (tertiary alicyclic amines) is 2. The van der Waals surface area contributed by atoms with E-state index in [1.165, 1.54) is 0 Å². The van der Waals surface area contributed by atoms with Gasteiger partial charge in [0.2, 0.25) is 5.91 Å². The molecule has 8 nitrogen and oxygen atoms in total. The van der Waals surface area contributed by atoms with E-state index in [0.29, 0.717) is 30.3 Å². The molecule has 3 aliphatic heterocycles. The van der Waals surface area contributed by atoms with Crippen molar-refractivity contribution in [2.45, 2.75) is 45.6 Å². The van der Waals surface area contributed by atoms with Gasteiger partial charge in [0.15, 0.2) is 0 Å². The number of carbonyl (C=O) groups excluding carboxylic acids is 3. The van der Waals surface area contributed by atoms with E-state index in [1.54, 1.807) is 13.8 Å². The molecule has 0 aromatic heterocycles. The van der Waals surface area contributed by atoms with E-state index in [0.717, 1.165) is 51.9 Å². The SMILES string of the molecule is CCOC(=O)C1=C(CN2CCC(C(=O)N3CCCC3)CC2)NC(=O)NC1C. The molecule has 0 saturated carbocycles. The summed E-state index contributed by atoms with van der Waals surface area (Å²) in [7, 11) is 0. The molecule has 1 atom stereocenters. The van der Waals surface area contributed by atoms with Crippen molar-refractivity contribution >= 4 is 17.9 Å². The van der Waals surface area contributed by atoms with Crippen LogP contribution in [0.25, 0.3) is 0 Å². The minimum atomic E-state index is -0.397. The lowest BCUT2D eigenvalue weighted by atomic mass is 9.94. The summed E-state index contributed by atoms with van der Waals surface area (Å²) < 4.78 is 5.16. The summed E-state index contributed by atoms with van der Waals surface area (Å²) in [5.41, 5.74) is 1.08. The van der Waals surface area contributed by atoms with Crippen LogP contribution in [0.1, 0.15) is 39.5 Å². The molecule has 3 heterocycles. The van der Waals surface area contributed by atoms with E-state index in [2.05, 4.69) is 15.5 Å². The van der Waals surface area contributed by atoms with Crippen LogP contribution in [0.4, 0.5) is 4.79 Å². The van der Waals surface area contributed by atoms with Gasteiger partial charge in [0, 0.05) is 31.2 Å². The highest BCUT2D eigenvalue weighted by molar-refractivity contribution is 5.94. The van der Waals surface area contributed by atoms with Crippen molar-refractivity contribution in [3.05, 3.63) is 11.3 Å². The van der Waals surface area contributed by atoms with E-state index >= 15 is 0 Å². The van der Waals surface area contributed by atoms with Crippen LogP contribution >= 0.6 is 0 Å². The van der Waals surface area contributed by atoms with Gasteiger partial charge in [-0.15, -0.1) is 0 Å². The van der Waals surface area contributed by atoms with Gasteiger partial charge in [0.1, 0.15) is 0 Å². The number of rotatable bonds is 5. The summed E-state index contributed by atoms with van der Waals surface area (Å²) in [5.74, 6) is -0.00615. The lowest BCUT2D eigenvalue weighted by Crippen LogP contribution is -2.52. The van der Waals surface area contributed by atoms with Crippen molar-refractivity contribution in [3.63, 3.8) is 0 Å². The molecule has 150 valence electrons. The number of nitrogens with zero attached hydrogens (tertiary/aromatic N) is 2. The summed E-state index contributed by atoms with van der Waals surface area (Å²) in [5, 5.41) is 5.49. The fourth-order valence-electron chi connectivity index (χ4n) is 4.16. The first-order valence-corrected chi connectivity index (χ1v) is 9.98. The molecule has 2 saturated heterocycles. The molecule has 3 aliphatic rings. The first-order valence-electron chi connectivity index (χ1n) is 9.98. The van der Waals surface area contributed by atoms with Crippen molar-refractivity contribution in [3.8, 4) is 0 Å². The Labute approximate surface area is 160 Å². The Bertz CT molecular complexity index is 619. The number of amides is 3. The highest BCUT2D eigenvalue weighted by atomic mass is 16.5. The van der Waals surface area contributed by atoms with Crippen molar-refractivity contribution in [1.29, 1.82) is 0 Å². The smallest absolute Gasteiger partial charge is 0.337 e. The Morgan fingerprint density at radius 2 is 1.81 bits per heavy atom. The summed E-state index contributed by atoms with van der Waals surface area (Å²) in [6.45, 7) is 7.67. The molecule has 1 unspecified atom stereocenters. The third kappa shape index (κ3) is 4.61. The standard InChI is InChI=1S/C19H30N4O4/c1-3-27-18(25)16-13(2)20-19(26)21-15(16)12-22-10-6-14(7-11-22)17(24)23-8-4-5-9-23/h13-14H,3-12H2,1-2H3,(H2,20,21,26). The minimum absolute atomic E-state index is 0.0967. The molecule has 0 spiro atoms. The van der Waals surface area contributed by atoms with Gasteiger partial charge >= 0.3 is 12.0 Å². The maximum atomic E-state index is 12.6. The van der Waals surface area contributed by atoms with Crippen LogP contribution in [0.2, 0.25) is 0 Å². The van der Waals surface area contributed by atoms with Gasteiger partial charge in [0.05, 0.1) is 18.2 Å². The Kier molecular flexibility index (Phi) is 6.36. The van der Waals surface area contributed by atoms with Crippen LogP contribution in [-0.4, -0.2) is 73.1 Å². The number of ether oxygens (including phenoxy) is 1. The molecule has 2 N–H and O–H groups in total. The normalized spacial score (nSPS) is 24.6. The van der Waals surface area contributed by atoms with Crippen LogP contribution in [0, 0.1) is 5.92 Å². The summed E-state index contributed by atoms with van der Waals surface area (Å²) in [6.07, 6.45) is 3.86. The first kappa shape index (κ1) is 19.7. The van der Waals surface area contributed by atoms with Crippen LogP contribution in [-0.2, 0) is 14.3 Å². The lowest BCUT2D eigenvalue weighted by Gasteiger charge is -2.35. The second-order valence-corrected chi connectivity index (χ2v) is 7.52. The van der Waals surface area contributed by atoms with Gasteiger partial charge in [-0.2, -0.15) is 0 Å². The number of esters is 1. The highest BCUT2D eigenvalue weighted by Gasteiger charge is 2.33. The molecule has 8 heteroatoms. The molecule has 3 amide bonds. The van der Waals surface area contributed by atoms with E-state index in [9.17, 15) is 14.4 Å². The quantitative estimate of drug-likeness (QED) is 0.692. The molecule has 3 rings (SSSR count). The average Bonchev–Trinajstić information content (AvgIpc) is 3.16. The van der Waals surface area contributed by atoms with Crippen LogP contribution in [0.5, 0.6) is 0 Å². The first-order chi connectivity index (χ1) is 13.0. The molecular weight excluding hydrogens is 348 g/mol. The average molecular weight is 378 g/mol. The Balaban J connectivity index is 1.61. The van der Waals surface area contributed by atoms with Gasteiger partial charge < -0.3 is 20.3 Å². The highest BCUT2D eigenvalue weighted by Crippen LogP contribution is 2.23. The molecule has 0 aromatic rings. The largest absolute Gasteiger partial charge is 0.463 e. The van der Waals surface area contributed by atoms with Crippen LogP contribution < -0.4 is 10.6 Å². The Morgan fingerprint density at radius 3 is 2.44 bits per heavy atom. The van der Waals surface area contributed by atoms with E-state index in [4.69, 9.17) is 4.74 Å². The molecule has 0 radical (unpaired) electrons. The van der Waals surface area contributed by atoms with Gasteiger partial charge in [-0.05, 0) is 52.6 Å². The Morgan fingerprint density at radius 1 is 1.15 bits per heavy atom. The van der Waals surface area contributed by atoms with E-state index in [1.807, 2.05) is 4.90 Å². The zero-order valence-electron chi connectivity index (χ0n) is 16.3. The maximum absolute atomic E-state index is 12.6. The zero-order valence-corrected chi connectivity index (χ0v) is 16.3. The number of piperidine rings is 1. The maximum Gasteiger partial charge on any atom is 0.337 e. The molecule has 27 heavy (non-hydrogen) atoms. The number of hydrogen-bond donors (Lipinski definition) is 2. The predicted octanol–water partition coefficient (Wildman–Crippen LogP) is 0.839. The van der Waals surface area contributed by atoms with Crippen molar-refractivity contribution in [1.82, 2.24) is 20.4 Å². The molecule has 2 fully saturated rings. The fraction of sp³-hybridized carbons (Fsp3) is 0.737. The van der Waals surface area contributed by atoms with Gasteiger partial charge in [-0.25, -0.2) is 9.59 Å². The van der Waals surface area contributed by atoms with Crippen LogP contribution in [0.3, 0.4) is 0 Å². The molecule has 0 aromatic carbocycles. The van der Waals surface area contributed by atoms with Crippen molar-refractivity contribution < 1.29 is 19.1 Å². The zero-order chi connectivity index (χ0) is 19.4. The number of nitrogens with one attached hydrogen (secondary N) is 2. The second kappa shape index (κ2) is 8.73. The minimum Gasteiger partial charge on any atom is -0.463 e. The van der Waals surface area contributed by atoms with Crippen LogP contribution in [0.15, 0.2) is 11.3 Å². The van der Waals surface area contributed by atoms with E-state index in [-0.39, 0.29) is 18.0 Å². The third-order valence-corrected chi connectivity index (χ3v) is 5.60. The third-order valence-electron chi connectivity index (χ3n) is 5.60. The lowest BCUT2D eigenvalue weighted by molar-refractivity contribution is -0.139. The van der Waals surface area contributed by atoms with Gasteiger partial charge in [0.25, 0.3) is 0 Å². The number of carbonyl (C=O) groups is 3.